The van der Waals surface area contributed by atoms with Crippen molar-refractivity contribution in [3.05, 3.63) is 46.0 Å². The maximum atomic E-state index is 4.38. The van der Waals surface area contributed by atoms with E-state index in [2.05, 4.69) is 70.2 Å². The van der Waals surface area contributed by atoms with Crippen LogP contribution < -0.4 is 5.32 Å². The summed E-state index contributed by atoms with van der Waals surface area (Å²) in [6, 6.07) is 8.34. The molecule has 24 heavy (non-hydrogen) atoms. The standard InChI is InChI=1S/C17H23BrN6/c1-19-17(23(2)12-13-6-8-14(18)9-7-13)20-11-16-22-21-15-5-3-4-10-24(15)16/h6-9H,3-5,10-12H2,1-2H3,(H,19,20). The second-order valence-corrected chi connectivity index (χ2v) is 6.94. The molecular formula is C17H23BrN6. The predicted molar refractivity (Wildman–Crippen MR) is 98.8 cm³/mol. The quantitative estimate of drug-likeness (QED) is 0.643. The maximum Gasteiger partial charge on any atom is 0.194 e. The smallest absolute Gasteiger partial charge is 0.194 e. The molecule has 0 saturated carbocycles. The van der Waals surface area contributed by atoms with Crippen molar-refractivity contribution in [2.75, 3.05) is 14.1 Å². The highest BCUT2D eigenvalue weighted by molar-refractivity contribution is 9.10. The van der Waals surface area contributed by atoms with Crippen LogP contribution in [0, 0.1) is 0 Å². The fourth-order valence-electron chi connectivity index (χ4n) is 2.98. The zero-order chi connectivity index (χ0) is 16.9. The molecule has 7 heteroatoms. The Morgan fingerprint density at radius 3 is 2.83 bits per heavy atom. The van der Waals surface area contributed by atoms with Crippen molar-refractivity contribution in [2.45, 2.75) is 38.9 Å². The molecule has 1 aromatic carbocycles. The number of hydrogen-bond donors (Lipinski definition) is 1. The third kappa shape index (κ3) is 3.95. The van der Waals surface area contributed by atoms with Gasteiger partial charge in [0, 0.05) is 38.1 Å². The van der Waals surface area contributed by atoms with Gasteiger partial charge in [0.05, 0.1) is 6.54 Å². The molecule has 0 radical (unpaired) electrons. The fraction of sp³-hybridized carbons (Fsp3) is 0.471. The van der Waals surface area contributed by atoms with Crippen LogP contribution in [0.4, 0.5) is 0 Å². The molecule has 0 aliphatic carbocycles. The summed E-state index contributed by atoms with van der Waals surface area (Å²) >= 11 is 3.47. The summed E-state index contributed by atoms with van der Waals surface area (Å²) in [4.78, 5) is 6.49. The normalized spacial score (nSPS) is 14.4. The first-order chi connectivity index (χ1) is 11.7. The second kappa shape index (κ2) is 7.79. The first-order valence-corrected chi connectivity index (χ1v) is 9.04. The second-order valence-electron chi connectivity index (χ2n) is 6.02. The van der Waals surface area contributed by atoms with Crippen LogP contribution in [0.5, 0.6) is 0 Å². The van der Waals surface area contributed by atoms with Crippen LogP contribution >= 0.6 is 15.9 Å². The van der Waals surface area contributed by atoms with Crippen LogP contribution in [0.25, 0.3) is 0 Å². The van der Waals surface area contributed by atoms with Crippen molar-refractivity contribution >= 4 is 21.9 Å². The molecule has 0 saturated heterocycles. The summed E-state index contributed by atoms with van der Waals surface area (Å²) in [7, 11) is 3.84. The van der Waals surface area contributed by atoms with Gasteiger partial charge in [0.15, 0.2) is 11.8 Å². The molecule has 2 aromatic rings. The number of nitrogens with one attached hydrogen (secondary N) is 1. The van der Waals surface area contributed by atoms with E-state index in [0.717, 1.165) is 41.6 Å². The van der Waals surface area contributed by atoms with Crippen LogP contribution in [-0.2, 0) is 26.1 Å². The van der Waals surface area contributed by atoms with Crippen molar-refractivity contribution in [1.82, 2.24) is 25.0 Å². The number of fused-ring (bicyclic) bond motifs is 1. The lowest BCUT2D eigenvalue weighted by Gasteiger charge is -2.22. The molecule has 3 rings (SSSR count). The Morgan fingerprint density at radius 2 is 2.08 bits per heavy atom. The Hall–Kier alpha value is -1.89. The Bertz CT molecular complexity index is 706. The topological polar surface area (TPSA) is 58.3 Å². The third-order valence-electron chi connectivity index (χ3n) is 4.25. The molecular weight excluding hydrogens is 368 g/mol. The van der Waals surface area contributed by atoms with Crippen LogP contribution in [0.15, 0.2) is 33.7 Å². The number of aliphatic imine (C=N–C) groups is 1. The maximum absolute atomic E-state index is 4.38. The lowest BCUT2D eigenvalue weighted by Crippen LogP contribution is -2.38. The largest absolute Gasteiger partial charge is 0.349 e. The Labute approximate surface area is 151 Å². The van der Waals surface area contributed by atoms with E-state index in [1.54, 1.807) is 7.05 Å². The summed E-state index contributed by atoms with van der Waals surface area (Å²) in [6.07, 6.45) is 3.45. The van der Waals surface area contributed by atoms with E-state index in [-0.39, 0.29) is 0 Å². The van der Waals surface area contributed by atoms with Gasteiger partial charge < -0.3 is 14.8 Å². The van der Waals surface area contributed by atoms with Gasteiger partial charge in [-0.3, -0.25) is 4.99 Å². The molecule has 0 amide bonds. The van der Waals surface area contributed by atoms with Gasteiger partial charge in [-0.05, 0) is 30.5 Å². The molecule has 1 aromatic heterocycles. The fourth-order valence-corrected chi connectivity index (χ4v) is 3.24. The molecule has 0 atom stereocenters. The average Bonchev–Trinajstić information content (AvgIpc) is 3.01. The third-order valence-corrected chi connectivity index (χ3v) is 4.78. The first kappa shape index (κ1) is 17.0. The van der Waals surface area contributed by atoms with Crippen molar-refractivity contribution in [3.63, 3.8) is 0 Å². The molecule has 128 valence electrons. The van der Waals surface area contributed by atoms with Crippen LogP contribution in [0.2, 0.25) is 0 Å². The van der Waals surface area contributed by atoms with Crippen molar-refractivity contribution in [2.24, 2.45) is 4.99 Å². The van der Waals surface area contributed by atoms with Gasteiger partial charge in [-0.2, -0.15) is 0 Å². The average molecular weight is 391 g/mol. The van der Waals surface area contributed by atoms with Gasteiger partial charge in [-0.25, -0.2) is 0 Å². The zero-order valence-corrected chi connectivity index (χ0v) is 15.8. The molecule has 0 fully saturated rings. The Morgan fingerprint density at radius 1 is 1.29 bits per heavy atom. The van der Waals surface area contributed by atoms with Crippen molar-refractivity contribution in [3.8, 4) is 0 Å². The summed E-state index contributed by atoms with van der Waals surface area (Å²) in [5, 5.41) is 12.0. The van der Waals surface area contributed by atoms with E-state index in [4.69, 9.17) is 0 Å². The van der Waals surface area contributed by atoms with E-state index in [9.17, 15) is 0 Å². The number of aryl methyl sites for hydroxylation is 1. The van der Waals surface area contributed by atoms with Crippen molar-refractivity contribution in [1.29, 1.82) is 0 Å². The summed E-state index contributed by atoms with van der Waals surface area (Å²) < 4.78 is 3.33. The zero-order valence-electron chi connectivity index (χ0n) is 14.2. The number of benzene rings is 1. The highest BCUT2D eigenvalue weighted by Crippen LogP contribution is 2.14. The molecule has 1 aliphatic rings. The van der Waals surface area contributed by atoms with Gasteiger partial charge >= 0.3 is 0 Å². The number of aromatic nitrogens is 3. The number of halogens is 1. The number of nitrogens with zero attached hydrogens (tertiary/aromatic N) is 5. The molecule has 0 spiro atoms. The monoisotopic (exact) mass is 390 g/mol. The molecule has 0 bridgehead atoms. The number of rotatable bonds is 4. The van der Waals surface area contributed by atoms with Crippen molar-refractivity contribution < 1.29 is 0 Å². The first-order valence-electron chi connectivity index (χ1n) is 8.24. The van der Waals surface area contributed by atoms with Gasteiger partial charge in [0.2, 0.25) is 0 Å². The lowest BCUT2D eigenvalue weighted by atomic mass is 10.2. The molecule has 1 N–H and O–H groups in total. The Balaban J connectivity index is 1.60. The van der Waals surface area contributed by atoms with Crippen LogP contribution in [0.1, 0.15) is 30.1 Å². The highest BCUT2D eigenvalue weighted by atomic mass is 79.9. The van der Waals surface area contributed by atoms with E-state index >= 15 is 0 Å². The van der Waals surface area contributed by atoms with Crippen LogP contribution in [0.3, 0.4) is 0 Å². The predicted octanol–water partition coefficient (Wildman–Crippen LogP) is 2.58. The van der Waals surface area contributed by atoms with E-state index in [1.165, 1.54) is 18.4 Å². The van der Waals surface area contributed by atoms with Gasteiger partial charge in [0.25, 0.3) is 0 Å². The molecule has 6 nitrogen and oxygen atoms in total. The minimum Gasteiger partial charge on any atom is -0.349 e. The van der Waals surface area contributed by atoms with E-state index in [0.29, 0.717) is 6.54 Å². The molecule has 2 heterocycles. The molecule has 0 unspecified atom stereocenters. The minimum atomic E-state index is 0.643. The summed E-state index contributed by atoms with van der Waals surface area (Å²) in [5.41, 5.74) is 1.24. The van der Waals surface area contributed by atoms with Gasteiger partial charge in [-0.1, -0.05) is 28.1 Å². The minimum absolute atomic E-state index is 0.643. The number of guanidine groups is 1. The SMILES string of the molecule is CN=C(NCc1nnc2n1CCCC2)N(C)Cc1ccc(Br)cc1. The van der Waals surface area contributed by atoms with E-state index in [1.807, 2.05) is 7.05 Å². The summed E-state index contributed by atoms with van der Waals surface area (Å²) in [6.45, 7) is 2.46. The van der Waals surface area contributed by atoms with Gasteiger partial charge in [0.1, 0.15) is 5.82 Å². The van der Waals surface area contributed by atoms with E-state index < -0.39 is 0 Å². The Kier molecular flexibility index (Phi) is 5.50. The molecule has 1 aliphatic heterocycles. The number of hydrogen-bond acceptors (Lipinski definition) is 3. The van der Waals surface area contributed by atoms with Crippen LogP contribution in [-0.4, -0.2) is 39.7 Å². The summed E-state index contributed by atoms with van der Waals surface area (Å²) in [5.74, 6) is 2.95. The highest BCUT2D eigenvalue weighted by Gasteiger charge is 2.16. The van der Waals surface area contributed by atoms with Gasteiger partial charge in [-0.15, -0.1) is 10.2 Å². The lowest BCUT2D eigenvalue weighted by molar-refractivity contribution is 0.468.